The van der Waals surface area contributed by atoms with Crippen LogP contribution in [0.1, 0.15) is 32.7 Å². The van der Waals surface area contributed by atoms with E-state index in [-0.39, 0.29) is 5.91 Å². The number of benzene rings is 3. The first-order valence-electron chi connectivity index (χ1n) is 11.0. The van der Waals surface area contributed by atoms with Crippen LogP contribution in [0.25, 0.3) is 0 Å². The molecule has 4 aromatic rings. The third kappa shape index (κ3) is 5.29. The van der Waals surface area contributed by atoms with Crippen molar-refractivity contribution < 1.29 is 4.79 Å². The van der Waals surface area contributed by atoms with E-state index in [1.807, 2.05) is 35.2 Å². The van der Waals surface area contributed by atoms with Crippen LogP contribution in [0.15, 0.2) is 88.6 Å². The number of nitrogens with zero attached hydrogens (tertiary/aromatic N) is 2. The van der Waals surface area contributed by atoms with Gasteiger partial charge in [0.2, 0.25) is 0 Å². The summed E-state index contributed by atoms with van der Waals surface area (Å²) in [4.78, 5) is 20.6. The number of rotatable bonds is 8. The molecule has 1 aromatic heterocycles. The molecule has 0 unspecified atom stereocenters. The number of anilines is 1. The number of carbonyl (C=O) groups is 1. The lowest BCUT2D eigenvalue weighted by atomic mass is 10.1. The SMILES string of the molecule is O=C(NCc1ccc(CN2CCc3ccccc32)cc1)c1ccccc1SCc1cscn1. The predicted octanol–water partition coefficient (Wildman–Crippen LogP) is 5.93. The number of hydrogen-bond acceptors (Lipinski definition) is 5. The molecular weight excluding hydrogens is 446 g/mol. The molecular formula is C27H25N3OS2. The summed E-state index contributed by atoms with van der Waals surface area (Å²) in [5.74, 6) is 0.714. The number of fused-ring (bicyclic) bond motifs is 1. The van der Waals surface area contributed by atoms with Gasteiger partial charge >= 0.3 is 0 Å². The Kier molecular flexibility index (Phi) is 6.74. The molecule has 4 nitrogen and oxygen atoms in total. The van der Waals surface area contributed by atoms with E-state index in [9.17, 15) is 4.79 Å². The number of thiazole rings is 1. The van der Waals surface area contributed by atoms with Crippen molar-refractivity contribution in [3.63, 3.8) is 0 Å². The fourth-order valence-corrected chi connectivity index (χ4v) is 5.69. The van der Waals surface area contributed by atoms with Crippen LogP contribution in [-0.2, 0) is 25.3 Å². The summed E-state index contributed by atoms with van der Waals surface area (Å²) in [5, 5.41) is 5.12. The van der Waals surface area contributed by atoms with Gasteiger partial charge in [-0.05, 0) is 41.3 Å². The smallest absolute Gasteiger partial charge is 0.252 e. The molecule has 1 N–H and O–H groups in total. The molecule has 5 rings (SSSR count). The zero-order valence-electron chi connectivity index (χ0n) is 18.2. The first-order valence-corrected chi connectivity index (χ1v) is 13.0. The Morgan fingerprint density at radius 3 is 2.64 bits per heavy atom. The molecule has 0 aliphatic carbocycles. The van der Waals surface area contributed by atoms with Crippen molar-refractivity contribution in [3.8, 4) is 0 Å². The van der Waals surface area contributed by atoms with Gasteiger partial charge in [-0.15, -0.1) is 23.1 Å². The Morgan fingerprint density at radius 2 is 1.79 bits per heavy atom. The Labute approximate surface area is 202 Å². The maximum absolute atomic E-state index is 12.9. The van der Waals surface area contributed by atoms with Crippen LogP contribution in [0.4, 0.5) is 5.69 Å². The van der Waals surface area contributed by atoms with Gasteiger partial charge in [-0.25, -0.2) is 4.98 Å². The molecule has 1 aliphatic heterocycles. The molecule has 1 aliphatic rings. The van der Waals surface area contributed by atoms with Crippen molar-refractivity contribution in [2.24, 2.45) is 0 Å². The Hall–Kier alpha value is -3.09. The monoisotopic (exact) mass is 471 g/mol. The lowest BCUT2D eigenvalue weighted by molar-refractivity contribution is 0.0948. The quantitative estimate of drug-likeness (QED) is 0.324. The molecule has 3 aromatic carbocycles. The standard InChI is InChI=1S/C27H25N3OS2/c31-27(24-6-2-4-8-26(24)33-18-23-17-32-19-29-23)28-15-20-9-11-21(12-10-20)16-30-14-13-22-5-1-3-7-25(22)30/h1-12,17,19H,13-16,18H2,(H,28,31). The Balaban J connectivity index is 1.17. The van der Waals surface area contributed by atoms with Crippen LogP contribution in [0, 0.1) is 0 Å². The lowest BCUT2D eigenvalue weighted by Crippen LogP contribution is -2.23. The minimum Gasteiger partial charge on any atom is -0.367 e. The summed E-state index contributed by atoms with van der Waals surface area (Å²) in [7, 11) is 0. The number of amides is 1. The summed E-state index contributed by atoms with van der Waals surface area (Å²) in [5.41, 5.74) is 8.75. The molecule has 33 heavy (non-hydrogen) atoms. The van der Waals surface area contributed by atoms with E-state index >= 15 is 0 Å². The highest BCUT2D eigenvalue weighted by atomic mass is 32.2. The topological polar surface area (TPSA) is 45.2 Å². The van der Waals surface area contributed by atoms with E-state index in [1.165, 1.54) is 16.8 Å². The van der Waals surface area contributed by atoms with E-state index in [0.29, 0.717) is 12.1 Å². The zero-order chi connectivity index (χ0) is 22.5. The number of hydrogen-bond donors (Lipinski definition) is 1. The summed E-state index contributed by atoms with van der Waals surface area (Å²) in [6.07, 6.45) is 1.11. The van der Waals surface area contributed by atoms with E-state index in [2.05, 4.69) is 63.7 Å². The number of para-hydroxylation sites is 1. The fourth-order valence-electron chi connectivity index (χ4n) is 4.07. The molecule has 166 valence electrons. The first-order chi connectivity index (χ1) is 16.3. The summed E-state index contributed by atoms with van der Waals surface area (Å²) in [6, 6.07) is 25.0. The van der Waals surface area contributed by atoms with Gasteiger partial charge in [-0.3, -0.25) is 4.79 Å². The second-order valence-electron chi connectivity index (χ2n) is 8.06. The molecule has 0 spiro atoms. The van der Waals surface area contributed by atoms with Crippen molar-refractivity contribution in [1.82, 2.24) is 10.3 Å². The largest absolute Gasteiger partial charge is 0.367 e. The minimum absolute atomic E-state index is 0.0471. The number of carbonyl (C=O) groups excluding carboxylic acids is 1. The molecule has 0 fully saturated rings. The first kappa shape index (κ1) is 21.7. The molecule has 2 heterocycles. The van der Waals surface area contributed by atoms with Gasteiger partial charge in [0.25, 0.3) is 5.91 Å². The normalized spacial score (nSPS) is 12.5. The summed E-state index contributed by atoms with van der Waals surface area (Å²) < 4.78 is 0. The Bertz CT molecular complexity index is 1220. The molecule has 0 atom stereocenters. The van der Waals surface area contributed by atoms with Crippen LogP contribution >= 0.6 is 23.1 Å². The maximum Gasteiger partial charge on any atom is 0.252 e. The fraction of sp³-hybridized carbons (Fsp3) is 0.185. The number of nitrogens with one attached hydrogen (secondary N) is 1. The highest BCUT2D eigenvalue weighted by molar-refractivity contribution is 7.98. The highest BCUT2D eigenvalue weighted by Crippen LogP contribution is 2.29. The van der Waals surface area contributed by atoms with Crippen LogP contribution in [0.3, 0.4) is 0 Å². The maximum atomic E-state index is 12.9. The van der Waals surface area contributed by atoms with Crippen LogP contribution in [-0.4, -0.2) is 17.4 Å². The van der Waals surface area contributed by atoms with Crippen molar-refractivity contribution in [2.75, 3.05) is 11.4 Å². The van der Waals surface area contributed by atoms with Gasteiger partial charge in [0.15, 0.2) is 0 Å². The average Bonchev–Trinajstić information content (AvgIpc) is 3.53. The third-order valence-electron chi connectivity index (χ3n) is 5.82. The summed E-state index contributed by atoms with van der Waals surface area (Å²) in [6.45, 7) is 2.49. The van der Waals surface area contributed by atoms with Gasteiger partial charge in [-0.2, -0.15) is 0 Å². The van der Waals surface area contributed by atoms with Crippen LogP contribution < -0.4 is 10.2 Å². The molecule has 0 saturated carbocycles. The van der Waals surface area contributed by atoms with E-state index in [4.69, 9.17) is 0 Å². The molecule has 0 saturated heterocycles. The van der Waals surface area contributed by atoms with E-state index in [1.54, 1.807) is 23.1 Å². The molecule has 0 radical (unpaired) electrons. The van der Waals surface area contributed by atoms with Crippen LogP contribution in [0.5, 0.6) is 0 Å². The van der Waals surface area contributed by atoms with Crippen molar-refractivity contribution in [3.05, 3.63) is 112 Å². The zero-order valence-corrected chi connectivity index (χ0v) is 19.9. The van der Waals surface area contributed by atoms with Gasteiger partial charge in [0, 0.05) is 41.4 Å². The van der Waals surface area contributed by atoms with E-state index in [0.717, 1.165) is 41.4 Å². The molecule has 1 amide bonds. The van der Waals surface area contributed by atoms with Gasteiger partial charge in [0.05, 0.1) is 16.8 Å². The lowest BCUT2D eigenvalue weighted by Gasteiger charge is -2.19. The highest BCUT2D eigenvalue weighted by Gasteiger charge is 2.18. The molecule has 6 heteroatoms. The van der Waals surface area contributed by atoms with Crippen LogP contribution in [0.2, 0.25) is 0 Å². The third-order valence-corrected chi connectivity index (χ3v) is 7.57. The Morgan fingerprint density at radius 1 is 1.00 bits per heavy atom. The predicted molar refractivity (Wildman–Crippen MR) is 137 cm³/mol. The van der Waals surface area contributed by atoms with Crippen molar-refractivity contribution in [1.29, 1.82) is 0 Å². The second-order valence-corrected chi connectivity index (χ2v) is 9.80. The van der Waals surface area contributed by atoms with Gasteiger partial charge in [0.1, 0.15) is 0 Å². The van der Waals surface area contributed by atoms with E-state index < -0.39 is 0 Å². The minimum atomic E-state index is -0.0471. The number of thioether (sulfide) groups is 1. The van der Waals surface area contributed by atoms with Gasteiger partial charge in [-0.1, -0.05) is 54.6 Å². The number of aromatic nitrogens is 1. The average molecular weight is 472 g/mol. The van der Waals surface area contributed by atoms with Crippen molar-refractivity contribution in [2.45, 2.75) is 30.2 Å². The van der Waals surface area contributed by atoms with Crippen molar-refractivity contribution >= 4 is 34.7 Å². The second kappa shape index (κ2) is 10.2. The van der Waals surface area contributed by atoms with Gasteiger partial charge < -0.3 is 10.2 Å². The molecule has 0 bridgehead atoms. The summed E-state index contributed by atoms with van der Waals surface area (Å²) >= 11 is 3.24.